The molecule has 0 fully saturated rings. The van der Waals surface area contributed by atoms with Crippen LogP contribution in [0.25, 0.3) is 0 Å². The molecule has 0 bridgehead atoms. The largest absolute Gasteiger partial charge is 0.465 e. The molecule has 1 aromatic rings. The van der Waals surface area contributed by atoms with Gasteiger partial charge in [-0.1, -0.05) is 24.3 Å². The van der Waals surface area contributed by atoms with E-state index in [4.69, 9.17) is 0 Å². The molecule has 0 saturated carbocycles. The summed E-state index contributed by atoms with van der Waals surface area (Å²) < 4.78 is 0. The fourth-order valence-electron chi connectivity index (χ4n) is 2.38. The Kier molecular flexibility index (Phi) is 4.18. The lowest BCUT2D eigenvalue weighted by molar-refractivity contribution is 0.0955. The van der Waals surface area contributed by atoms with E-state index < -0.39 is 11.6 Å². The van der Waals surface area contributed by atoms with Gasteiger partial charge < -0.3 is 10.4 Å². The molecule has 1 aromatic carbocycles. The molecule has 0 aliphatic carbocycles. The number of benzene rings is 1. The summed E-state index contributed by atoms with van der Waals surface area (Å²) in [4.78, 5) is 17.4. The van der Waals surface area contributed by atoms with E-state index in [1.165, 1.54) is 4.90 Å². The minimum absolute atomic E-state index is 0.000343. The fourth-order valence-corrected chi connectivity index (χ4v) is 2.38. The van der Waals surface area contributed by atoms with Crippen LogP contribution in [0.5, 0.6) is 0 Å². The van der Waals surface area contributed by atoms with Crippen LogP contribution >= 0.6 is 0 Å². The van der Waals surface area contributed by atoms with Gasteiger partial charge in [0, 0.05) is 17.6 Å². The molecular formula is C17H25N3O2. The van der Waals surface area contributed by atoms with E-state index in [1.54, 1.807) is 0 Å². The van der Waals surface area contributed by atoms with Crippen molar-refractivity contribution in [1.82, 2.24) is 10.2 Å². The predicted molar refractivity (Wildman–Crippen MR) is 88.4 cm³/mol. The Hall–Kier alpha value is -2.04. The zero-order valence-corrected chi connectivity index (χ0v) is 14.0. The van der Waals surface area contributed by atoms with Crippen molar-refractivity contribution in [2.45, 2.75) is 52.2 Å². The molecule has 5 nitrogen and oxygen atoms in total. The molecule has 1 amide bonds. The molecule has 0 saturated heterocycles. The highest BCUT2D eigenvalue weighted by molar-refractivity contribution is 6.00. The summed E-state index contributed by atoms with van der Waals surface area (Å²) in [6.45, 7) is 11.1. The van der Waals surface area contributed by atoms with Gasteiger partial charge >= 0.3 is 6.09 Å². The second kappa shape index (κ2) is 5.63. The average molecular weight is 303 g/mol. The van der Waals surface area contributed by atoms with Gasteiger partial charge in [-0.15, -0.1) is 0 Å². The first kappa shape index (κ1) is 16.3. The van der Waals surface area contributed by atoms with Crippen LogP contribution in [0.15, 0.2) is 29.3 Å². The molecule has 2 rings (SSSR count). The van der Waals surface area contributed by atoms with Crippen LogP contribution in [0.4, 0.5) is 4.79 Å². The van der Waals surface area contributed by atoms with Crippen molar-refractivity contribution in [1.29, 1.82) is 0 Å². The molecule has 0 unspecified atom stereocenters. The number of rotatable bonds is 3. The standard InChI is InChI=1S/C17H25N3O2/c1-16(2,3)20(15(21)22)10-12-6-8-13(9-7-12)14-18-11-17(4,5)19-14/h6-9H,10-11H2,1-5H3,(H,18,19)(H,21,22). The van der Waals surface area contributed by atoms with Crippen LogP contribution in [0, 0.1) is 0 Å². The molecule has 0 spiro atoms. The number of amides is 1. The van der Waals surface area contributed by atoms with Gasteiger partial charge in [0.1, 0.15) is 5.84 Å². The van der Waals surface area contributed by atoms with Gasteiger partial charge in [-0.05, 0) is 40.2 Å². The molecule has 0 radical (unpaired) electrons. The molecule has 5 heteroatoms. The zero-order chi connectivity index (χ0) is 16.5. The molecule has 1 aliphatic heterocycles. The minimum atomic E-state index is -0.903. The third-order valence-electron chi connectivity index (χ3n) is 3.70. The Morgan fingerprint density at radius 3 is 2.32 bits per heavy atom. The van der Waals surface area contributed by atoms with E-state index in [2.05, 4.69) is 24.2 Å². The maximum atomic E-state index is 11.4. The van der Waals surface area contributed by atoms with Crippen molar-refractivity contribution in [3.63, 3.8) is 0 Å². The molecule has 2 N–H and O–H groups in total. The van der Waals surface area contributed by atoms with Gasteiger partial charge in [-0.25, -0.2) is 4.79 Å². The third kappa shape index (κ3) is 3.78. The van der Waals surface area contributed by atoms with Crippen molar-refractivity contribution in [3.05, 3.63) is 35.4 Å². The van der Waals surface area contributed by atoms with Gasteiger partial charge in [-0.3, -0.25) is 9.89 Å². The van der Waals surface area contributed by atoms with Crippen molar-refractivity contribution < 1.29 is 9.90 Å². The van der Waals surface area contributed by atoms with Crippen LogP contribution < -0.4 is 5.32 Å². The van der Waals surface area contributed by atoms with Crippen molar-refractivity contribution in [3.8, 4) is 0 Å². The van der Waals surface area contributed by atoms with Crippen molar-refractivity contribution in [2.24, 2.45) is 4.99 Å². The van der Waals surface area contributed by atoms with E-state index in [-0.39, 0.29) is 5.54 Å². The summed E-state index contributed by atoms with van der Waals surface area (Å²) in [5.41, 5.74) is 1.58. The highest BCUT2D eigenvalue weighted by Crippen LogP contribution is 2.19. The second-order valence-corrected chi connectivity index (χ2v) is 7.41. The van der Waals surface area contributed by atoms with E-state index in [0.717, 1.165) is 23.5 Å². The van der Waals surface area contributed by atoms with E-state index in [0.29, 0.717) is 6.54 Å². The Morgan fingerprint density at radius 1 is 1.32 bits per heavy atom. The van der Waals surface area contributed by atoms with Crippen molar-refractivity contribution in [2.75, 3.05) is 6.54 Å². The molecule has 0 aromatic heterocycles. The second-order valence-electron chi connectivity index (χ2n) is 7.41. The lowest BCUT2D eigenvalue weighted by Crippen LogP contribution is -2.44. The molecule has 0 atom stereocenters. The van der Waals surface area contributed by atoms with Crippen LogP contribution in [-0.2, 0) is 6.54 Å². The summed E-state index contributed by atoms with van der Waals surface area (Å²) in [6.07, 6.45) is -0.903. The maximum Gasteiger partial charge on any atom is 0.408 e. The zero-order valence-electron chi connectivity index (χ0n) is 14.0. The number of carboxylic acid groups (broad SMARTS) is 1. The first-order valence-electron chi connectivity index (χ1n) is 7.51. The summed E-state index contributed by atoms with van der Waals surface area (Å²) in [5, 5.41) is 12.7. The number of amidine groups is 1. The SMILES string of the molecule is CC1(C)CN=C(c2ccc(CN(C(=O)O)C(C)(C)C)cc2)N1. The molecule has 1 aliphatic rings. The Morgan fingerprint density at radius 2 is 1.91 bits per heavy atom. The summed E-state index contributed by atoms with van der Waals surface area (Å²) >= 11 is 0. The van der Waals surface area contributed by atoms with Gasteiger partial charge in [0.2, 0.25) is 0 Å². The quantitative estimate of drug-likeness (QED) is 0.902. The Labute approximate surface area is 132 Å². The topological polar surface area (TPSA) is 64.9 Å². The van der Waals surface area contributed by atoms with Crippen LogP contribution in [0.2, 0.25) is 0 Å². The molecule has 22 heavy (non-hydrogen) atoms. The summed E-state index contributed by atoms with van der Waals surface area (Å²) in [6, 6.07) is 7.91. The van der Waals surface area contributed by atoms with Gasteiger partial charge in [0.25, 0.3) is 0 Å². The summed E-state index contributed by atoms with van der Waals surface area (Å²) in [7, 11) is 0. The highest BCUT2D eigenvalue weighted by atomic mass is 16.4. The fraction of sp³-hybridized carbons (Fsp3) is 0.529. The number of nitrogens with one attached hydrogen (secondary N) is 1. The Balaban J connectivity index is 2.11. The van der Waals surface area contributed by atoms with Gasteiger partial charge in [0.15, 0.2) is 0 Å². The number of hydrogen-bond donors (Lipinski definition) is 2. The summed E-state index contributed by atoms with van der Waals surface area (Å²) in [5.74, 6) is 0.905. The Bertz CT molecular complexity index is 583. The number of aliphatic imine (C=N–C) groups is 1. The van der Waals surface area contributed by atoms with E-state index >= 15 is 0 Å². The molecule has 1 heterocycles. The first-order chi connectivity index (χ1) is 10.1. The van der Waals surface area contributed by atoms with Crippen LogP contribution in [0.1, 0.15) is 45.7 Å². The average Bonchev–Trinajstić information content (AvgIpc) is 2.75. The van der Waals surface area contributed by atoms with Crippen molar-refractivity contribution >= 4 is 11.9 Å². The van der Waals surface area contributed by atoms with Crippen LogP contribution in [-0.4, -0.2) is 39.6 Å². The molecule has 120 valence electrons. The number of nitrogens with zero attached hydrogens (tertiary/aromatic N) is 2. The normalized spacial score (nSPS) is 16.9. The monoisotopic (exact) mass is 303 g/mol. The number of hydrogen-bond acceptors (Lipinski definition) is 3. The lowest BCUT2D eigenvalue weighted by atomic mass is 10.0. The maximum absolute atomic E-state index is 11.4. The number of carbonyl (C=O) groups is 1. The minimum Gasteiger partial charge on any atom is -0.465 e. The predicted octanol–water partition coefficient (Wildman–Crippen LogP) is 3.09. The lowest BCUT2D eigenvalue weighted by Gasteiger charge is -2.33. The molecular weight excluding hydrogens is 278 g/mol. The highest BCUT2D eigenvalue weighted by Gasteiger charge is 2.27. The smallest absolute Gasteiger partial charge is 0.408 e. The first-order valence-corrected chi connectivity index (χ1v) is 7.51. The van der Waals surface area contributed by atoms with Gasteiger partial charge in [0.05, 0.1) is 12.1 Å². The van der Waals surface area contributed by atoms with E-state index in [9.17, 15) is 9.90 Å². The van der Waals surface area contributed by atoms with Crippen LogP contribution in [0.3, 0.4) is 0 Å². The van der Waals surface area contributed by atoms with Gasteiger partial charge in [-0.2, -0.15) is 0 Å². The van der Waals surface area contributed by atoms with E-state index in [1.807, 2.05) is 45.0 Å². The third-order valence-corrected chi connectivity index (χ3v) is 3.70.